The van der Waals surface area contributed by atoms with Gasteiger partial charge in [0.15, 0.2) is 0 Å². The zero-order valence-corrected chi connectivity index (χ0v) is 12.6. The largest absolute Gasteiger partial charge is 0.351 e. The van der Waals surface area contributed by atoms with Crippen molar-refractivity contribution >= 4 is 17.5 Å². The Morgan fingerprint density at radius 3 is 2.43 bits per heavy atom. The number of rotatable bonds is 5. The molecule has 1 aliphatic rings. The third-order valence-corrected chi connectivity index (χ3v) is 3.66. The van der Waals surface area contributed by atoms with Gasteiger partial charge < -0.3 is 10.6 Å². The van der Waals surface area contributed by atoms with Crippen molar-refractivity contribution in [3.05, 3.63) is 60.9 Å². The molecular formula is C18H17N5. The van der Waals surface area contributed by atoms with Gasteiger partial charge in [0.2, 0.25) is 5.95 Å². The molecule has 0 unspecified atom stereocenters. The second kappa shape index (κ2) is 6.04. The lowest BCUT2D eigenvalue weighted by Crippen LogP contribution is -2.07. The molecule has 114 valence electrons. The van der Waals surface area contributed by atoms with Gasteiger partial charge in [-0.05, 0) is 37.1 Å². The zero-order valence-electron chi connectivity index (χ0n) is 12.6. The summed E-state index contributed by atoms with van der Waals surface area (Å²) in [6.45, 7) is 0. The molecule has 2 heterocycles. The molecule has 1 fully saturated rings. The van der Waals surface area contributed by atoms with Crippen LogP contribution in [0.4, 0.5) is 17.5 Å². The Balaban J connectivity index is 1.69. The van der Waals surface area contributed by atoms with Gasteiger partial charge in [0, 0.05) is 35.8 Å². The second-order valence-corrected chi connectivity index (χ2v) is 5.61. The van der Waals surface area contributed by atoms with Crippen LogP contribution in [0.2, 0.25) is 0 Å². The fraction of sp³-hybridized carbons (Fsp3) is 0.167. The van der Waals surface area contributed by atoms with E-state index < -0.39 is 0 Å². The van der Waals surface area contributed by atoms with Gasteiger partial charge in [0.05, 0.1) is 5.69 Å². The minimum Gasteiger partial charge on any atom is -0.351 e. The molecule has 1 saturated carbocycles. The van der Waals surface area contributed by atoms with Crippen LogP contribution in [-0.2, 0) is 0 Å². The van der Waals surface area contributed by atoms with E-state index in [2.05, 4.69) is 25.6 Å². The fourth-order valence-corrected chi connectivity index (χ4v) is 2.33. The number of anilines is 3. The first-order valence-electron chi connectivity index (χ1n) is 7.75. The van der Waals surface area contributed by atoms with E-state index in [1.165, 1.54) is 12.8 Å². The number of para-hydroxylation sites is 1. The number of pyridine rings is 1. The summed E-state index contributed by atoms with van der Waals surface area (Å²) in [6, 6.07) is 16.4. The van der Waals surface area contributed by atoms with E-state index in [1.807, 2.05) is 48.5 Å². The summed E-state index contributed by atoms with van der Waals surface area (Å²) < 4.78 is 0. The Hall–Kier alpha value is -2.95. The van der Waals surface area contributed by atoms with Crippen LogP contribution in [0.1, 0.15) is 12.8 Å². The maximum absolute atomic E-state index is 4.64. The average molecular weight is 303 g/mol. The van der Waals surface area contributed by atoms with Crippen molar-refractivity contribution in [2.24, 2.45) is 0 Å². The molecule has 0 aliphatic heterocycles. The third kappa shape index (κ3) is 3.45. The highest BCUT2D eigenvalue weighted by atomic mass is 15.2. The number of hydrogen-bond acceptors (Lipinski definition) is 5. The number of hydrogen-bond donors (Lipinski definition) is 2. The molecule has 3 aromatic rings. The van der Waals surface area contributed by atoms with E-state index in [0.717, 1.165) is 22.8 Å². The van der Waals surface area contributed by atoms with E-state index in [9.17, 15) is 0 Å². The summed E-state index contributed by atoms with van der Waals surface area (Å²) in [4.78, 5) is 13.3. The third-order valence-electron chi connectivity index (χ3n) is 3.66. The SMILES string of the molecule is c1ccc(Nc2cc(-c3ccncc3)nc(NC3CC3)n2)cc1. The van der Waals surface area contributed by atoms with Crippen LogP contribution < -0.4 is 10.6 Å². The lowest BCUT2D eigenvalue weighted by Gasteiger charge is -2.11. The number of benzene rings is 1. The smallest absolute Gasteiger partial charge is 0.225 e. The van der Waals surface area contributed by atoms with Gasteiger partial charge in [-0.3, -0.25) is 4.98 Å². The highest BCUT2D eigenvalue weighted by molar-refractivity contribution is 5.67. The summed E-state index contributed by atoms with van der Waals surface area (Å²) in [5.74, 6) is 1.45. The van der Waals surface area contributed by atoms with Crippen LogP contribution in [0.25, 0.3) is 11.3 Å². The molecule has 2 N–H and O–H groups in total. The van der Waals surface area contributed by atoms with Gasteiger partial charge in [-0.1, -0.05) is 18.2 Å². The highest BCUT2D eigenvalue weighted by Gasteiger charge is 2.22. The molecule has 0 amide bonds. The van der Waals surface area contributed by atoms with Gasteiger partial charge in [-0.2, -0.15) is 4.98 Å². The first-order chi connectivity index (χ1) is 11.4. The predicted molar refractivity (Wildman–Crippen MR) is 91.6 cm³/mol. The number of aromatic nitrogens is 3. The number of nitrogens with one attached hydrogen (secondary N) is 2. The van der Waals surface area contributed by atoms with E-state index in [0.29, 0.717) is 12.0 Å². The van der Waals surface area contributed by atoms with Crippen LogP contribution >= 0.6 is 0 Å². The molecule has 0 saturated heterocycles. The Bertz CT molecular complexity index is 785. The molecular weight excluding hydrogens is 286 g/mol. The second-order valence-electron chi connectivity index (χ2n) is 5.61. The molecule has 0 atom stereocenters. The van der Waals surface area contributed by atoms with Crippen molar-refractivity contribution in [1.82, 2.24) is 15.0 Å². The summed E-state index contributed by atoms with van der Waals surface area (Å²) >= 11 is 0. The standard InChI is InChI=1S/C18H17N5/c1-2-4-14(5-3-1)20-17-12-16(13-8-10-19-11-9-13)22-18(23-17)21-15-6-7-15/h1-5,8-12,15H,6-7H2,(H2,20,21,22,23). The summed E-state index contributed by atoms with van der Waals surface area (Å²) in [6.07, 6.45) is 5.92. The monoisotopic (exact) mass is 303 g/mol. The van der Waals surface area contributed by atoms with E-state index >= 15 is 0 Å². The molecule has 4 rings (SSSR count). The van der Waals surface area contributed by atoms with E-state index in [1.54, 1.807) is 12.4 Å². The number of nitrogens with zero attached hydrogens (tertiary/aromatic N) is 3. The topological polar surface area (TPSA) is 62.7 Å². The quantitative estimate of drug-likeness (QED) is 0.749. The van der Waals surface area contributed by atoms with Crippen molar-refractivity contribution in [3.63, 3.8) is 0 Å². The van der Waals surface area contributed by atoms with Crippen molar-refractivity contribution in [3.8, 4) is 11.3 Å². The van der Waals surface area contributed by atoms with Crippen molar-refractivity contribution in [2.75, 3.05) is 10.6 Å². The van der Waals surface area contributed by atoms with E-state index in [4.69, 9.17) is 0 Å². The molecule has 2 aromatic heterocycles. The highest BCUT2D eigenvalue weighted by Crippen LogP contribution is 2.27. The van der Waals surface area contributed by atoms with Gasteiger partial charge in [-0.15, -0.1) is 0 Å². The van der Waals surface area contributed by atoms with Crippen LogP contribution in [-0.4, -0.2) is 21.0 Å². The van der Waals surface area contributed by atoms with Crippen molar-refractivity contribution in [1.29, 1.82) is 0 Å². The predicted octanol–water partition coefficient (Wildman–Crippen LogP) is 3.86. The lowest BCUT2D eigenvalue weighted by atomic mass is 10.2. The van der Waals surface area contributed by atoms with Crippen LogP contribution in [0, 0.1) is 0 Å². The van der Waals surface area contributed by atoms with Crippen LogP contribution in [0.15, 0.2) is 60.9 Å². The normalized spacial score (nSPS) is 13.6. The molecule has 0 radical (unpaired) electrons. The maximum atomic E-state index is 4.64. The lowest BCUT2D eigenvalue weighted by molar-refractivity contribution is 1.06. The maximum Gasteiger partial charge on any atom is 0.225 e. The van der Waals surface area contributed by atoms with Crippen LogP contribution in [0.5, 0.6) is 0 Å². The van der Waals surface area contributed by atoms with Gasteiger partial charge in [0.1, 0.15) is 5.82 Å². The first kappa shape index (κ1) is 13.7. The Morgan fingerprint density at radius 1 is 0.913 bits per heavy atom. The van der Waals surface area contributed by atoms with E-state index in [-0.39, 0.29) is 0 Å². The zero-order chi connectivity index (χ0) is 15.5. The molecule has 0 spiro atoms. The minimum absolute atomic E-state index is 0.507. The fourth-order valence-electron chi connectivity index (χ4n) is 2.33. The first-order valence-corrected chi connectivity index (χ1v) is 7.75. The summed E-state index contributed by atoms with van der Waals surface area (Å²) in [5.41, 5.74) is 2.91. The molecule has 1 aromatic carbocycles. The molecule has 23 heavy (non-hydrogen) atoms. The van der Waals surface area contributed by atoms with Gasteiger partial charge in [-0.25, -0.2) is 4.98 Å². The van der Waals surface area contributed by atoms with Crippen LogP contribution in [0.3, 0.4) is 0 Å². The van der Waals surface area contributed by atoms with Crippen molar-refractivity contribution in [2.45, 2.75) is 18.9 Å². The Kier molecular flexibility index (Phi) is 3.60. The summed E-state index contributed by atoms with van der Waals surface area (Å²) in [7, 11) is 0. The molecule has 1 aliphatic carbocycles. The summed E-state index contributed by atoms with van der Waals surface area (Å²) in [5, 5.41) is 6.72. The molecule has 0 bridgehead atoms. The Morgan fingerprint density at radius 2 is 1.70 bits per heavy atom. The molecule has 5 nitrogen and oxygen atoms in total. The van der Waals surface area contributed by atoms with Gasteiger partial charge in [0.25, 0.3) is 0 Å². The van der Waals surface area contributed by atoms with Gasteiger partial charge >= 0.3 is 0 Å². The molecule has 5 heteroatoms. The Labute approximate surface area is 134 Å². The minimum atomic E-state index is 0.507. The average Bonchev–Trinajstić information content (AvgIpc) is 3.40. The van der Waals surface area contributed by atoms with Crippen molar-refractivity contribution < 1.29 is 0 Å².